The van der Waals surface area contributed by atoms with Crippen LogP contribution in [0.5, 0.6) is 0 Å². The smallest absolute Gasteiger partial charge is 0.263 e. The highest BCUT2D eigenvalue weighted by Crippen LogP contribution is 2.30. The maximum absolute atomic E-state index is 12.1. The van der Waals surface area contributed by atoms with Gasteiger partial charge >= 0.3 is 6.18 Å². The lowest BCUT2D eigenvalue weighted by Crippen LogP contribution is -2.07. The van der Waals surface area contributed by atoms with Gasteiger partial charge in [0.15, 0.2) is 0 Å². The van der Waals surface area contributed by atoms with E-state index in [1.54, 1.807) is 0 Å². The Kier molecular flexibility index (Phi) is 3.69. The topological polar surface area (TPSA) is 36.7 Å². The van der Waals surface area contributed by atoms with E-state index in [4.69, 9.17) is 5.26 Å². The molecule has 0 saturated carbocycles. The van der Waals surface area contributed by atoms with E-state index in [1.807, 2.05) is 0 Å². The number of hydrogen-bond acceptors (Lipinski definition) is 2. The van der Waals surface area contributed by atoms with Gasteiger partial charge in [0, 0.05) is 12.4 Å². The van der Waals surface area contributed by atoms with Gasteiger partial charge in [0.2, 0.25) is 0 Å². The number of halogens is 4. The van der Waals surface area contributed by atoms with Gasteiger partial charge in [-0.25, -0.2) is 0 Å². The van der Waals surface area contributed by atoms with Crippen molar-refractivity contribution in [3.05, 3.63) is 29.6 Å². The normalized spacial score (nSPS) is 10.0. The average molecular weight is 209 g/mol. The zero-order valence-electron chi connectivity index (χ0n) is 6.17. The van der Waals surface area contributed by atoms with Crippen molar-refractivity contribution in [2.45, 2.75) is 6.18 Å². The summed E-state index contributed by atoms with van der Waals surface area (Å²) in [7, 11) is 0. The fourth-order valence-corrected chi connectivity index (χ4v) is 0.731. The maximum atomic E-state index is 12.1. The van der Waals surface area contributed by atoms with Crippen LogP contribution >= 0.6 is 12.4 Å². The third kappa shape index (κ3) is 2.60. The molecule has 1 rings (SSSR count). The minimum absolute atomic E-state index is 0. The SMILES string of the molecule is Cl.N#Cc1cnccc1C(F)(F)F. The Hall–Kier alpha value is -1.28. The van der Waals surface area contributed by atoms with Crippen LogP contribution < -0.4 is 0 Å². The molecule has 0 bridgehead atoms. The number of nitrogens with zero attached hydrogens (tertiary/aromatic N) is 2. The van der Waals surface area contributed by atoms with E-state index in [1.165, 1.54) is 6.07 Å². The van der Waals surface area contributed by atoms with E-state index in [-0.39, 0.29) is 12.4 Å². The van der Waals surface area contributed by atoms with Crippen molar-refractivity contribution in [1.29, 1.82) is 5.26 Å². The Labute approximate surface area is 78.4 Å². The summed E-state index contributed by atoms with van der Waals surface area (Å²) in [5.74, 6) is 0. The lowest BCUT2D eigenvalue weighted by molar-refractivity contribution is -0.137. The number of hydrogen-bond donors (Lipinski definition) is 0. The largest absolute Gasteiger partial charge is 0.417 e. The summed E-state index contributed by atoms with van der Waals surface area (Å²) in [6.45, 7) is 0. The summed E-state index contributed by atoms with van der Waals surface area (Å²) in [6.07, 6.45) is -2.58. The first-order chi connectivity index (χ1) is 5.55. The molecule has 0 amide bonds. The lowest BCUT2D eigenvalue weighted by atomic mass is 10.1. The number of pyridine rings is 1. The molecule has 0 atom stereocenters. The van der Waals surface area contributed by atoms with Crippen LogP contribution in [-0.4, -0.2) is 4.98 Å². The van der Waals surface area contributed by atoms with Crippen LogP contribution in [0.4, 0.5) is 13.2 Å². The number of aromatic nitrogens is 1. The van der Waals surface area contributed by atoms with Crippen LogP contribution in [0.15, 0.2) is 18.5 Å². The molecule has 0 unspecified atom stereocenters. The highest BCUT2D eigenvalue weighted by molar-refractivity contribution is 5.85. The molecule has 0 aliphatic rings. The number of nitriles is 1. The van der Waals surface area contributed by atoms with E-state index in [0.29, 0.717) is 0 Å². The van der Waals surface area contributed by atoms with E-state index in [0.717, 1.165) is 18.5 Å². The van der Waals surface area contributed by atoms with Crippen LogP contribution in [0.1, 0.15) is 11.1 Å². The third-order valence-electron chi connectivity index (χ3n) is 1.25. The van der Waals surface area contributed by atoms with Crippen LogP contribution in [0.2, 0.25) is 0 Å². The summed E-state index contributed by atoms with van der Waals surface area (Å²) < 4.78 is 36.2. The standard InChI is InChI=1S/C7H3F3N2.ClH/c8-7(9,10)6-1-2-12-4-5(6)3-11;/h1-2,4H;1H. The first-order valence-electron chi connectivity index (χ1n) is 2.97. The Bertz CT molecular complexity index is 329. The minimum atomic E-state index is -4.48. The molecule has 2 nitrogen and oxygen atoms in total. The first kappa shape index (κ1) is 11.7. The zero-order valence-corrected chi connectivity index (χ0v) is 6.99. The molecule has 0 fully saturated rings. The van der Waals surface area contributed by atoms with E-state index < -0.39 is 17.3 Å². The molecule has 0 spiro atoms. The molecule has 1 aromatic rings. The van der Waals surface area contributed by atoms with Gasteiger partial charge < -0.3 is 0 Å². The molecule has 6 heteroatoms. The van der Waals surface area contributed by atoms with Gasteiger partial charge in [0.25, 0.3) is 0 Å². The fourth-order valence-electron chi connectivity index (χ4n) is 0.731. The van der Waals surface area contributed by atoms with Crippen molar-refractivity contribution in [2.24, 2.45) is 0 Å². The molecular formula is C7H4ClF3N2. The second-order valence-electron chi connectivity index (χ2n) is 2.03. The first-order valence-corrected chi connectivity index (χ1v) is 2.97. The molecule has 0 aromatic carbocycles. The molecular weight excluding hydrogens is 205 g/mol. The van der Waals surface area contributed by atoms with Crippen LogP contribution in [0, 0.1) is 11.3 Å². The highest BCUT2D eigenvalue weighted by atomic mass is 35.5. The van der Waals surface area contributed by atoms with Gasteiger partial charge in [0.05, 0.1) is 11.1 Å². The Morgan fingerprint density at radius 1 is 1.38 bits per heavy atom. The molecule has 1 aromatic heterocycles. The fraction of sp³-hybridized carbons (Fsp3) is 0.143. The zero-order chi connectivity index (χ0) is 9.19. The summed E-state index contributed by atoms with van der Waals surface area (Å²) in [5.41, 5.74) is -1.40. The molecule has 0 saturated heterocycles. The molecule has 0 aliphatic carbocycles. The summed E-state index contributed by atoms with van der Waals surface area (Å²) in [5, 5.41) is 8.29. The van der Waals surface area contributed by atoms with Gasteiger partial charge in [-0.05, 0) is 6.07 Å². The Morgan fingerprint density at radius 3 is 2.38 bits per heavy atom. The molecule has 0 N–H and O–H groups in total. The van der Waals surface area contributed by atoms with Gasteiger partial charge in [-0.1, -0.05) is 0 Å². The molecule has 13 heavy (non-hydrogen) atoms. The monoisotopic (exact) mass is 208 g/mol. The summed E-state index contributed by atoms with van der Waals surface area (Å²) in [4.78, 5) is 3.41. The van der Waals surface area contributed by atoms with Crippen LogP contribution in [-0.2, 0) is 6.18 Å². The summed E-state index contributed by atoms with van der Waals surface area (Å²) in [6, 6.07) is 2.20. The Morgan fingerprint density at radius 2 is 2.00 bits per heavy atom. The van der Waals surface area contributed by atoms with Crippen molar-refractivity contribution in [3.63, 3.8) is 0 Å². The molecule has 0 aliphatic heterocycles. The van der Waals surface area contributed by atoms with E-state index in [9.17, 15) is 13.2 Å². The van der Waals surface area contributed by atoms with E-state index >= 15 is 0 Å². The van der Waals surface area contributed by atoms with Crippen molar-refractivity contribution < 1.29 is 13.2 Å². The van der Waals surface area contributed by atoms with Crippen molar-refractivity contribution in [3.8, 4) is 6.07 Å². The predicted octanol–water partition coefficient (Wildman–Crippen LogP) is 2.39. The quantitative estimate of drug-likeness (QED) is 0.656. The summed E-state index contributed by atoms with van der Waals surface area (Å²) >= 11 is 0. The second-order valence-corrected chi connectivity index (χ2v) is 2.03. The minimum Gasteiger partial charge on any atom is -0.263 e. The molecule has 1 heterocycles. The molecule has 0 radical (unpaired) electrons. The second kappa shape index (κ2) is 4.10. The highest BCUT2D eigenvalue weighted by Gasteiger charge is 2.33. The number of rotatable bonds is 0. The maximum Gasteiger partial charge on any atom is 0.417 e. The third-order valence-corrected chi connectivity index (χ3v) is 1.25. The molecule has 70 valence electrons. The average Bonchev–Trinajstić information content (AvgIpc) is 2.03. The number of alkyl halides is 3. The van der Waals surface area contributed by atoms with Crippen LogP contribution in [0.25, 0.3) is 0 Å². The van der Waals surface area contributed by atoms with Gasteiger partial charge in [-0.15, -0.1) is 12.4 Å². The van der Waals surface area contributed by atoms with Crippen molar-refractivity contribution >= 4 is 12.4 Å². The van der Waals surface area contributed by atoms with Crippen molar-refractivity contribution in [1.82, 2.24) is 4.98 Å². The van der Waals surface area contributed by atoms with Crippen molar-refractivity contribution in [2.75, 3.05) is 0 Å². The predicted molar refractivity (Wildman–Crippen MR) is 41.2 cm³/mol. The Balaban J connectivity index is 0.00000144. The van der Waals surface area contributed by atoms with Gasteiger partial charge in [-0.3, -0.25) is 4.98 Å². The van der Waals surface area contributed by atoms with Gasteiger partial charge in [0.1, 0.15) is 6.07 Å². The van der Waals surface area contributed by atoms with E-state index in [2.05, 4.69) is 4.98 Å². The van der Waals surface area contributed by atoms with Gasteiger partial charge in [-0.2, -0.15) is 18.4 Å². The van der Waals surface area contributed by atoms with Crippen LogP contribution in [0.3, 0.4) is 0 Å². The lowest BCUT2D eigenvalue weighted by Gasteiger charge is -2.06.